The van der Waals surface area contributed by atoms with Crippen molar-refractivity contribution in [1.29, 1.82) is 0 Å². The van der Waals surface area contributed by atoms with Gasteiger partial charge in [0.05, 0.1) is 5.57 Å². The number of amides is 2. The maximum Gasteiger partial charge on any atom is 0.340 e. The minimum absolute atomic E-state index is 0.370. The first-order valence-corrected chi connectivity index (χ1v) is 10.9. The summed E-state index contributed by atoms with van der Waals surface area (Å²) in [6, 6.07) is 14.0. The van der Waals surface area contributed by atoms with E-state index < -0.39 is 24.4 Å². The second kappa shape index (κ2) is 10.1. The maximum atomic E-state index is 12.5. The van der Waals surface area contributed by atoms with Gasteiger partial charge in [-0.3, -0.25) is 20.4 Å². The number of carbonyl (C=O) groups excluding carboxylic acids is 3. The largest absolute Gasteiger partial charge is 0.452 e. The molecule has 0 spiro atoms. The Hall–Kier alpha value is -2.75. The number of thiophene rings is 2. The fourth-order valence-corrected chi connectivity index (χ4v) is 3.87. The average Bonchev–Trinajstić information content (AvgIpc) is 3.43. The van der Waals surface area contributed by atoms with Gasteiger partial charge < -0.3 is 4.74 Å². The predicted octanol–water partition coefficient (Wildman–Crippen LogP) is 4.12. The maximum absolute atomic E-state index is 12.5. The van der Waals surface area contributed by atoms with Gasteiger partial charge in [0.25, 0.3) is 11.8 Å². The number of rotatable bonds is 6. The van der Waals surface area contributed by atoms with Crippen molar-refractivity contribution in [3.63, 3.8) is 0 Å². The topological polar surface area (TPSA) is 84.5 Å². The van der Waals surface area contributed by atoms with Crippen LogP contribution < -0.4 is 10.9 Å². The molecular weight excluding hydrogens is 476 g/mol. The number of benzene rings is 1. The highest BCUT2D eigenvalue weighted by Crippen LogP contribution is 2.25. The van der Waals surface area contributed by atoms with Gasteiger partial charge >= 0.3 is 5.97 Å². The summed E-state index contributed by atoms with van der Waals surface area (Å²) < 4.78 is 5.96. The van der Waals surface area contributed by atoms with Crippen LogP contribution in [0.15, 0.2) is 63.8 Å². The summed E-state index contributed by atoms with van der Waals surface area (Å²) in [6.07, 6.45) is 1.73. The van der Waals surface area contributed by atoms with Crippen molar-refractivity contribution in [3.8, 4) is 0 Å². The summed E-state index contributed by atoms with van der Waals surface area (Å²) in [4.78, 5) is 38.1. The van der Waals surface area contributed by atoms with Crippen LogP contribution in [0, 0.1) is 0 Å². The molecule has 1 aromatic carbocycles. The first-order valence-electron chi connectivity index (χ1n) is 8.34. The van der Waals surface area contributed by atoms with E-state index in [0.717, 1.165) is 14.2 Å². The van der Waals surface area contributed by atoms with Gasteiger partial charge in [-0.25, -0.2) is 4.79 Å². The molecule has 0 aliphatic carbocycles. The number of nitrogens with one attached hydrogen (secondary N) is 2. The molecule has 0 aliphatic rings. The predicted molar refractivity (Wildman–Crippen MR) is 117 cm³/mol. The first-order chi connectivity index (χ1) is 14.0. The third-order valence-electron chi connectivity index (χ3n) is 3.59. The quantitative estimate of drug-likeness (QED) is 0.309. The molecule has 2 N–H and O–H groups in total. The Kier molecular flexibility index (Phi) is 7.34. The summed E-state index contributed by atoms with van der Waals surface area (Å²) >= 11 is 6.18. The molecule has 2 aromatic heterocycles. The van der Waals surface area contributed by atoms with E-state index in [1.165, 1.54) is 22.7 Å². The molecule has 0 fully saturated rings. The number of halogens is 1. The summed E-state index contributed by atoms with van der Waals surface area (Å²) in [5.41, 5.74) is 5.26. The average molecular weight is 491 g/mol. The Morgan fingerprint density at radius 3 is 2.34 bits per heavy atom. The van der Waals surface area contributed by atoms with Gasteiger partial charge in [-0.1, -0.05) is 28.1 Å². The number of hydrogen-bond donors (Lipinski definition) is 2. The standard InChI is InChI=1S/C20H15BrN2O4S2/c21-14-7-5-13(6-8-14)19(25)23-22-18(24)12-27-20(26)16(17-4-2-10-29-17)11-15-3-1-9-28-15/h1-11H,12H2,(H,22,24)(H,23,25)/b16-11+. The van der Waals surface area contributed by atoms with E-state index in [-0.39, 0.29) is 0 Å². The van der Waals surface area contributed by atoms with Gasteiger partial charge in [0, 0.05) is 19.8 Å². The highest BCUT2D eigenvalue weighted by atomic mass is 79.9. The van der Waals surface area contributed by atoms with Gasteiger partial charge in [0.2, 0.25) is 0 Å². The van der Waals surface area contributed by atoms with Crippen LogP contribution in [0.1, 0.15) is 20.1 Å². The monoisotopic (exact) mass is 490 g/mol. The molecule has 3 aromatic rings. The third kappa shape index (κ3) is 6.11. The van der Waals surface area contributed by atoms with Crippen LogP contribution in [-0.2, 0) is 14.3 Å². The lowest BCUT2D eigenvalue weighted by molar-refractivity contribution is -0.143. The molecular formula is C20H15BrN2O4S2. The molecule has 9 heteroatoms. The molecule has 0 bridgehead atoms. The Morgan fingerprint density at radius 1 is 0.966 bits per heavy atom. The number of esters is 1. The molecule has 3 rings (SSSR count). The van der Waals surface area contributed by atoms with Crippen LogP contribution in [0.4, 0.5) is 0 Å². The van der Waals surface area contributed by atoms with E-state index in [4.69, 9.17) is 4.74 Å². The van der Waals surface area contributed by atoms with E-state index in [1.54, 1.807) is 30.3 Å². The van der Waals surface area contributed by atoms with Crippen molar-refractivity contribution in [1.82, 2.24) is 10.9 Å². The van der Waals surface area contributed by atoms with Crippen molar-refractivity contribution in [3.05, 3.63) is 79.1 Å². The summed E-state index contributed by atoms with van der Waals surface area (Å²) in [7, 11) is 0. The molecule has 6 nitrogen and oxygen atoms in total. The summed E-state index contributed by atoms with van der Waals surface area (Å²) in [5, 5.41) is 3.76. The molecule has 0 saturated carbocycles. The van der Waals surface area contributed by atoms with Gasteiger partial charge in [0.1, 0.15) is 0 Å². The first kappa shape index (κ1) is 21.0. The van der Waals surface area contributed by atoms with Crippen LogP contribution in [0.3, 0.4) is 0 Å². The molecule has 2 heterocycles. The smallest absolute Gasteiger partial charge is 0.340 e. The normalized spacial score (nSPS) is 11.0. The Morgan fingerprint density at radius 2 is 1.69 bits per heavy atom. The fourth-order valence-electron chi connectivity index (χ4n) is 2.22. The third-order valence-corrected chi connectivity index (χ3v) is 5.84. The van der Waals surface area contributed by atoms with Crippen LogP contribution in [0.5, 0.6) is 0 Å². The van der Waals surface area contributed by atoms with E-state index in [1.807, 2.05) is 35.0 Å². The van der Waals surface area contributed by atoms with Gasteiger partial charge in [0.15, 0.2) is 6.61 Å². The highest BCUT2D eigenvalue weighted by Gasteiger charge is 2.17. The Bertz CT molecular complexity index is 1010. The zero-order valence-corrected chi connectivity index (χ0v) is 18.1. The van der Waals surface area contributed by atoms with Crippen LogP contribution in [0.2, 0.25) is 0 Å². The van der Waals surface area contributed by atoms with Crippen molar-refractivity contribution in [2.45, 2.75) is 0 Å². The van der Waals surface area contributed by atoms with E-state index in [0.29, 0.717) is 11.1 Å². The molecule has 0 atom stereocenters. The molecule has 29 heavy (non-hydrogen) atoms. The number of hydrogen-bond acceptors (Lipinski definition) is 6. The number of carbonyl (C=O) groups is 3. The molecule has 148 valence electrons. The number of ether oxygens (including phenoxy) is 1. The van der Waals surface area contributed by atoms with Crippen molar-refractivity contribution >= 4 is 68.0 Å². The zero-order valence-electron chi connectivity index (χ0n) is 14.9. The van der Waals surface area contributed by atoms with E-state index >= 15 is 0 Å². The lowest BCUT2D eigenvalue weighted by Crippen LogP contribution is -2.43. The Labute approximate surface area is 183 Å². The molecule has 0 aliphatic heterocycles. The van der Waals surface area contributed by atoms with Crippen molar-refractivity contribution < 1.29 is 19.1 Å². The minimum Gasteiger partial charge on any atom is -0.452 e. The van der Waals surface area contributed by atoms with Crippen LogP contribution in [-0.4, -0.2) is 24.4 Å². The molecule has 0 saturated heterocycles. The SMILES string of the molecule is O=C(COC(=O)/C(=C/c1cccs1)c1cccs1)NNC(=O)c1ccc(Br)cc1. The lowest BCUT2D eigenvalue weighted by Gasteiger charge is -2.09. The van der Waals surface area contributed by atoms with Gasteiger partial charge in [-0.05, 0) is 53.2 Å². The lowest BCUT2D eigenvalue weighted by atomic mass is 10.2. The molecule has 2 amide bonds. The van der Waals surface area contributed by atoms with E-state index in [2.05, 4.69) is 26.8 Å². The summed E-state index contributed by atoms with van der Waals surface area (Å²) in [5.74, 6) is -1.74. The van der Waals surface area contributed by atoms with E-state index in [9.17, 15) is 14.4 Å². The number of hydrazine groups is 1. The van der Waals surface area contributed by atoms with Crippen molar-refractivity contribution in [2.75, 3.05) is 6.61 Å². The Balaban J connectivity index is 1.55. The summed E-state index contributed by atoms with van der Waals surface area (Å²) in [6.45, 7) is -0.521. The zero-order chi connectivity index (χ0) is 20.6. The van der Waals surface area contributed by atoms with Gasteiger partial charge in [-0.2, -0.15) is 0 Å². The van der Waals surface area contributed by atoms with Crippen LogP contribution >= 0.6 is 38.6 Å². The minimum atomic E-state index is -0.648. The fraction of sp³-hybridized carbons (Fsp3) is 0.0500. The second-order valence-corrected chi connectivity index (χ2v) is 8.48. The molecule has 0 unspecified atom stereocenters. The van der Waals surface area contributed by atoms with Crippen molar-refractivity contribution in [2.24, 2.45) is 0 Å². The second-order valence-electron chi connectivity index (χ2n) is 5.64. The highest BCUT2D eigenvalue weighted by molar-refractivity contribution is 9.10. The van der Waals surface area contributed by atoms with Crippen LogP contribution in [0.25, 0.3) is 11.6 Å². The van der Waals surface area contributed by atoms with Gasteiger partial charge in [-0.15, -0.1) is 22.7 Å². The molecule has 0 radical (unpaired) electrons.